The number of piperidine rings is 1. The SMILES string of the molecule is O=C(Nc1ccc2c(c1)OCO2)N1CCCC(c2nnc(Cc3ccc(F)cc3)o2)C1. The van der Waals surface area contributed by atoms with Gasteiger partial charge in [0.25, 0.3) is 0 Å². The summed E-state index contributed by atoms with van der Waals surface area (Å²) in [6.07, 6.45) is 2.15. The van der Waals surface area contributed by atoms with Crippen LogP contribution in [0.3, 0.4) is 0 Å². The van der Waals surface area contributed by atoms with Crippen LogP contribution in [0.15, 0.2) is 46.9 Å². The molecule has 1 N–H and O–H groups in total. The van der Waals surface area contributed by atoms with Crippen LogP contribution in [0.25, 0.3) is 0 Å². The standard InChI is InChI=1S/C22H21FN4O4/c23-16-5-3-14(4-6-16)10-20-25-26-21(31-20)15-2-1-9-27(12-15)22(28)24-17-7-8-18-19(11-17)30-13-29-18/h3-8,11,15H,1-2,9-10,12-13H2,(H,24,28). The zero-order chi connectivity index (χ0) is 21.2. The van der Waals surface area contributed by atoms with E-state index in [4.69, 9.17) is 13.9 Å². The second-order valence-corrected chi connectivity index (χ2v) is 7.62. The van der Waals surface area contributed by atoms with Gasteiger partial charge in [-0.1, -0.05) is 12.1 Å². The molecule has 0 aliphatic carbocycles. The number of benzene rings is 2. The molecule has 0 saturated carbocycles. The van der Waals surface area contributed by atoms with Crippen molar-refractivity contribution in [3.05, 3.63) is 65.6 Å². The maximum Gasteiger partial charge on any atom is 0.321 e. The molecule has 2 aliphatic heterocycles. The highest BCUT2D eigenvalue weighted by atomic mass is 19.1. The van der Waals surface area contributed by atoms with Gasteiger partial charge >= 0.3 is 6.03 Å². The zero-order valence-corrected chi connectivity index (χ0v) is 16.7. The lowest BCUT2D eigenvalue weighted by Crippen LogP contribution is -2.41. The molecule has 1 fully saturated rings. The van der Waals surface area contributed by atoms with Gasteiger partial charge < -0.3 is 24.1 Å². The van der Waals surface area contributed by atoms with E-state index in [0.717, 1.165) is 18.4 Å². The Labute approximate surface area is 178 Å². The maximum absolute atomic E-state index is 13.1. The number of ether oxygens (including phenoxy) is 2. The predicted octanol–water partition coefficient (Wildman–Crippen LogP) is 3.94. The van der Waals surface area contributed by atoms with E-state index in [9.17, 15) is 9.18 Å². The van der Waals surface area contributed by atoms with Crippen LogP contribution in [0.4, 0.5) is 14.9 Å². The number of urea groups is 1. The minimum atomic E-state index is -0.281. The van der Waals surface area contributed by atoms with Crippen LogP contribution < -0.4 is 14.8 Å². The Kier molecular flexibility index (Phi) is 5.15. The van der Waals surface area contributed by atoms with E-state index in [1.807, 2.05) is 0 Å². The number of carbonyl (C=O) groups excluding carboxylic acids is 1. The maximum atomic E-state index is 13.1. The number of halogens is 1. The summed E-state index contributed by atoms with van der Waals surface area (Å²) in [7, 11) is 0. The Morgan fingerprint density at radius 1 is 1.13 bits per heavy atom. The molecule has 1 unspecified atom stereocenters. The molecule has 9 heteroatoms. The number of hydrogen-bond acceptors (Lipinski definition) is 6. The van der Waals surface area contributed by atoms with Gasteiger partial charge in [-0.2, -0.15) is 0 Å². The topological polar surface area (TPSA) is 89.7 Å². The van der Waals surface area contributed by atoms with E-state index in [-0.39, 0.29) is 24.6 Å². The molecule has 3 aromatic rings. The van der Waals surface area contributed by atoms with Gasteiger partial charge in [0.15, 0.2) is 11.5 Å². The molecule has 0 radical (unpaired) electrons. The van der Waals surface area contributed by atoms with E-state index in [0.29, 0.717) is 48.5 Å². The number of likely N-dealkylation sites (tertiary alicyclic amines) is 1. The van der Waals surface area contributed by atoms with Crippen molar-refractivity contribution in [2.75, 3.05) is 25.2 Å². The Morgan fingerprint density at radius 2 is 1.97 bits per heavy atom. The van der Waals surface area contributed by atoms with Gasteiger partial charge in [-0.05, 0) is 42.7 Å². The second kappa shape index (κ2) is 8.25. The molecule has 3 heterocycles. The highest BCUT2D eigenvalue weighted by Gasteiger charge is 2.28. The number of anilines is 1. The third-order valence-corrected chi connectivity index (χ3v) is 5.43. The van der Waals surface area contributed by atoms with Crippen molar-refractivity contribution in [3.8, 4) is 11.5 Å². The summed E-state index contributed by atoms with van der Waals surface area (Å²) in [5.74, 6) is 1.99. The molecule has 2 aliphatic rings. The highest BCUT2D eigenvalue weighted by molar-refractivity contribution is 5.89. The molecule has 5 rings (SSSR count). The summed E-state index contributed by atoms with van der Waals surface area (Å²) in [5, 5.41) is 11.2. The van der Waals surface area contributed by atoms with E-state index in [2.05, 4.69) is 15.5 Å². The van der Waals surface area contributed by atoms with E-state index >= 15 is 0 Å². The van der Waals surface area contributed by atoms with Gasteiger partial charge in [0, 0.05) is 24.8 Å². The molecule has 1 saturated heterocycles. The van der Waals surface area contributed by atoms with Crippen molar-refractivity contribution in [1.82, 2.24) is 15.1 Å². The lowest BCUT2D eigenvalue weighted by Gasteiger charge is -2.31. The van der Waals surface area contributed by atoms with E-state index in [1.54, 1.807) is 35.2 Å². The normalized spacial score (nSPS) is 17.6. The van der Waals surface area contributed by atoms with E-state index in [1.165, 1.54) is 12.1 Å². The Balaban J connectivity index is 1.21. The molecule has 8 nitrogen and oxygen atoms in total. The minimum absolute atomic E-state index is 0.0225. The minimum Gasteiger partial charge on any atom is -0.454 e. The van der Waals surface area contributed by atoms with Gasteiger partial charge in [-0.3, -0.25) is 0 Å². The second-order valence-electron chi connectivity index (χ2n) is 7.62. The molecular formula is C22H21FN4O4. The van der Waals surface area contributed by atoms with Crippen LogP contribution in [-0.2, 0) is 6.42 Å². The molecule has 2 aromatic carbocycles. The van der Waals surface area contributed by atoms with Crippen molar-refractivity contribution in [3.63, 3.8) is 0 Å². The number of amides is 2. The van der Waals surface area contributed by atoms with Crippen molar-refractivity contribution in [1.29, 1.82) is 0 Å². The van der Waals surface area contributed by atoms with Gasteiger partial charge in [-0.25, -0.2) is 9.18 Å². The third kappa shape index (κ3) is 4.30. The third-order valence-electron chi connectivity index (χ3n) is 5.43. The van der Waals surface area contributed by atoms with Gasteiger partial charge in [0.05, 0.1) is 12.3 Å². The first-order chi connectivity index (χ1) is 15.1. The summed E-state index contributed by atoms with van der Waals surface area (Å²) < 4.78 is 29.6. The Morgan fingerprint density at radius 3 is 2.84 bits per heavy atom. The van der Waals surface area contributed by atoms with E-state index < -0.39 is 0 Å². The van der Waals surface area contributed by atoms with Crippen molar-refractivity contribution < 1.29 is 23.1 Å². The van der Waals surface area contributed by atoms with Crippen molar-refractivity contribution in [2.24, 2.45) is 0 Å². The van der Waals surface area contributed by atoms with Gasteiger partial charge in [0.2, 0.25) is 18.6 Å². The lowest BCUT2D eigenvalue weighted by atomic mass is 9.98. The Hall–Kier alpha value is -3.62. The van der Waals surface area contributed by atoms with Gasteiger partial charge in [0.1, 0.15) is 5.82 Å². The van der Waals surface area contributed by atoms with Crippen molar-refractivity contribution in [2.45, 2.75) is 25.2 Å². The average molecular weight is 424 g/mol. The number of carbonyl (C=O) groups is 1. The summed E-state index contributed by atoms with van der Waals surface area (Å²) in [5.41, 5.74) is 1.54. The molecule has 1 aromatic heterocycles. The molecular weight excluding hydrogens is 403 g/mol. The fourth-order valence-corrected chi connectivity index (χ4v) is 3.82. The molecule has 1 atom stereocenters. The van der Waals surface area contributed by atoms with Crippen LogP contribution in [0.1, 0.15) is 36.1 Å². The lowest BCUT2D eigenvalue weighted by molar-refractivity contribution is 0.174. The van der Waals surface area contributed by atoms with Gasteiger partial charge in [-0.15, -0.1) is 10.2 Å². The summed E-state index contributed by atoms with van der Waals surface area (Å²) in [4.78, 5) is 14.5. The van der Waals surface area contributed by atoms with Crippen LogP contribution in [-0.4, -0.2) is 41.0 Å². The first-order valence-corrected chi connectivity index (χ1v) is 10.2. The molecule has 0 spiro atoms. The number of nitrogens with zero attached hydrogens (tertiary/aromatic N) is 3. The predicted molar refractivity (Wildman–Crippen MR) is 109 cm³/mol. The average Bonchev–Trinajstić information content (AvgIpc) is 3.45. The number of hydrogen-bond donors (Lipinski definition) is 1. The number of fused-ring (bicyclic) bond motifs is 1. The van der Waals surface area contributed by atoms with Crippen LogP contribution in [0.2, 0.25) is 0 Å². The van der Waals surface area contributed by atoms with Crippen molar-refractivity contribution >= 4 is 11.7 Å². The molecule has 160 valence electrons. The number of nitrogens with one attached hydrogen (secondary N) is 1. The Bertz CT molecular complexity index is 1090. The first-order valence-electron chi connectivity index (χ1n) is 10.2. The van der Waals surface area contributed by atoms with Crippen LogP contribution >= 0.6 is 0 Å². The fraction of sp³-hybridized carbons (Fsp3) is 0.318. The molecule has 31 heavy (non-hydrogen) atoms. The summed E-state index contributed by atoms with van der Waals surface area (Å²) in [6.45, 7) is 1.34. The zero-order valence-electron chi connectivity index (χ0n) is 16.7. The number of aromatic nitrogens is 2. The highest BCUT2D eigenvalue weighted by Crippen LogP contribution is 2.34. The fourth-order valence-electron chi connectivity index (χ4n) is 3.82. The summed E-state index contributed by atoms with van der Waals surface area (Å²) in [6, 6.07) is 11.3. The monoisotopic (exact) mass is 424 g/mol. The quantitative estimate of drug-likeness (QED) is 0.682. The largest absolute Gasteiger partial charge is 0.454 e. The smallest absolute Gasteiger partial charge is 0.321 e. The molecule has 0 bridgehead atoms. The summed E-state index contributed by atoms with van der Waals surface area (Å²) >= 11 is 0. The number of rotatable bonds is 4. The van der Waals surface area contributed by atoms with Crippen LogP contribution in [0.5, 0.6) is 11.5 Å². The molecule has 2 amide bonds. The van der Waals surface area contributed by atoms with Crippen LogP contribution in [0, 0.1) is 5.82 Å². The first kappa shape index (κ1) is 19.3.